The van der Waals surface area contributed by atoms with E-state index in [9.17, 15) is 14.7 Å². The van der Waals surface area contributed by atoms with Gasteiger partial charge in [-0.2, -0.15) is 0 Å². The van der Waals surface area contributed by atoms with Gasteiger partial charge in [-0.1, -0.05) is 0 Å². The fraction of sp³-hybridized carbons (Fsp3) is 0.333. The number of nitrogens with zero attached hydrogens (tertiary/aromatic N) is 2. The number of fused-ring (bicyclic) bond motifs is 1. The van der Waals surface area contributed by atoms with Gasteiger partial charge in [-0.25, -0.2) is 14.8 Å². The van der Waals surface area contributed by atoms with Crippen molar-refractivity contribution in [2.24, 2.45) is 0 Å². The fourth-order valence-corrected chi connectivity index (χ4v) is 4.13. The summed E-state index contributed by atoms with van der Waals surface area (Å²) in [6.45, 7) is 3.21. The van der Waals surface area contributed by atoms with E-state index in [1.807, 2.05) is 13.0 Å². The maximum Gasteiger partial charge on any atom is 0.339 e. The van der Waals surface area contributed by atoms with E-state index >= 15 is 0 Å². The Morgan fingerprint density at radius 2 is 2.15 bits per heavy atom. The summed E-state index contributed by atoms with van der Waals surface area (Å²) in [5, 5.41) is 12.3. The number of carbonyl (C=O) groups excluding carboxylic acids is 1. The molecule has 1 fully saturated rings. The minimum absolute atomic E-state index is 0.0742. The number of rotatable bonds is 4. The Labute approximate surface area is 158 Å². The summed E-state index contributed by atoms with van der Waals surface area (Å²) in [6, 6.07) is 2.01. The molecule has 0 bridgehead atoms. The lowest BCUT2D eigenvalue weighted by Crippen LogP contribution is -2.38. The van der Waals surface area contributed by atoms with Crippen LogP contribution < -0.4 is 5.32 Å². The van der Waals surface area contributed by atoms with Crippen molar-refractivity contribution < 1.29 is 19.4 Å². The van der Waals surface area contributed by atoms with Crippen molar-refractivity contribution in [1.82, 2.24) is 20.3 Å². The zero-order chi connectivity index (χ0) is 19.0. The average Bonchev–Trinajstić information content (AvgIpc) is 3.25. The molecule has 1 aliphatic rings. The van der Waals surface area contributed by atoms with E-state index in [4.69, 9.17) is 4.74 Å². The molecule has 140 valence electrons. The van der Waals surface area contributed by atoms with Crippen LogP contribution in [0.25, 0.3) is 21.7 Å². The molecule has 27 heavy (non-hydrogen) atoms. The van der Waals surface area contributed by atoms with Crippen molar-refractivity contribution in [2.75, 3.05) is 13.2 Å². The normalized spacial score (nSPS) is 15.1. The fourth-order valence-electron chi connectivity index (χ4n) is 3.10. The number of carboxylic acid groups (broad SMARTS) is 1. The van der Waals surface area contributed by atoms with Crippen LogP contribution in [0.4, 0.5) is 0 Å². The third kappa shape index (κ3) is 3.43. The van der Waals surface area contributed by atoms with E-state index in [1.165, 1.54) is 17.5 Å². The number of thiophene rings is 1. The first-order chi connectivity index (χ1) is 13.0. The van der Waals surface area contributed by atoms with Gasteiger partial charge in [0.05, 0.1) is 21.6 Å². The van der Waals surface area contributed by atoms with Gasteiger partial charge in [0, 0.05) is 25.5 Å². The van der Waals surface area contributed by atoms with E-state index in [1.54, 1.807) is 6.20 Å². The lowest BCUT2D eigenvalue weighted by Gasteiger charge is -2.22. The lowest BCUT2D eigenvalue weighted by molar-refractivity contribution is 0.0690. The van der Waals surface area contributed by atoms with Crippen molar-refractivity contribution in [3.05, 3.63) is 34.5 Å². The van der Waals surface area contributed by atoms with Crippen LogP contribution in [0.15, 0.2) is 18.5 Å². The molecule has 3 aromatic rings. The number of ether oxygens (including phenoxy) is 1. The van der Waals surface area contributed by atoms with Crippen LogP contribution in [0.2, 0.25) is 0 Å². The quantitative estimate of drug-likeness (QED) is 0.634. The highest BCUT2D eigenvalue weighted by molar-refractivity contribution is 7.17. The highest BCUT2D eigenvalue weighted by atomic mass is 32.1. The molecule has 0 spiro atoms. The SMILES string of the molecule is Cc1cc(-c2cnc3[nH]cc(C(=O)O)c3n2)sc1C(=O)NC1CCOCC1. The molecule has 3 aromatic heterocycles. The molecule has 4 rings (SSSR count). The Balaban J connectivity index is 1.62. The van der Waals surface area contributed by atoms with Gasteiger partial charge in [-0.3, -0.25) is 4.79 Å². The maximum atomic E-state index is 12.6. The summed E-state index contributed by atoms with van der Waals surface area (Å²) < 4.78 is 5.32. The first kappa shape index (κ1) is 17.6. The molecule has 0 unspecified atom stereocenters. The van der Waals surface area contributed by atoms with Gasteiger partial charge in [-0.15, -0.1) is 11.3 Å². The molecule has 0 saturated carbocycles. The van der Waals surface area contributed by atoms with Gasteiger partial charge >= 0.3 is 5.97 Å². The first-order valence-electron chi connectivity index (χ1n) is 8.60. The van der Waals surface area contributed by atoms with Gasteiger partial charge in [0.15, 0.2) is 5.65 Å². The predicted octanol–water partition coefficient (Wildman–Crippen LogP) is 2.60. The zero-order valence-corrected chi connectivity index (χ0v) is 15.4. The second-order valence-electron chi connectivity index (χ2n) is 6.44. The van der Waals surface area contributed by atoms with Crippen molar-refractivity contribution in [3.8, 4) is 10.6 Å². The van der Waals surface area contributed by atoms with Gasteiger partial charge < -0.3 is 20.1 Å². The van der Waals surface area contributed by atoms with E-state index in [0.717, 1.165) is 23.3 Å². The standard InChI is InChI=1S/C18H18N4O4S/c1-9-6-13(27-15(9)17(23)21-10-2-4-26-5-3-10)12-8-20-16-14(22-12)11(7-19-16)18(24)25/h6-8,10H,2-5H2,1H3,(H,19,20)(H,21,23)(H,24,25). The third-order valence-corrected chi connectivity index (χ3v) is 5.80. The molecular formula is C18H18N4O4S. The van der Waals surface area contributed by atoms with Crippen molar-refractivity contribution in [3.63, 3.8) is 0 Å². The van der Waals surface area contributed by atoms with Crippen LogP contribution in [0, 0.1) is 6.92 Å². The molecule has 1 amide bonds. The summed E-state index contributed by atoms with van der Waals surface area (Å²) >= 11 is 1.33. The topological polar surface area (TPSA) is 117 Å². The second kappa shape index (κ2) is 7.09. The van der Waals surface area contributed by atoms with Crippen molar-refractivity contribution in [1.29, 1.82) is 0 Å². The number of hydrogen-bond donors (Lipinski definition) is 3. The monoisotopic (exact) mass is 386 g/mol. The Morgan fingerprint density at radius 1 is 1.37 bits per heavy atom. The summed E-state index contributed by atoms with van der Waals surface area (Å²) in [4.78, 5) is 36.8. The summed E-state index contributed by atoms with van der Waals surface area (Å²) in [7, 11) is 0. The molecule has 4 heterocycles. The van der Waals surface area contributed by atoms with Crippen LogP contribution in [0.5, 0.6) is 0 Å². The lowest BCUT2D eigenvalue weighted by atomic mass is 10.1. The Bertz CT molecular complexity index is 1020. The van der Waals surface area contributed by atoms with E-state index in [0.29, 0.717) is 34.9 Å². The van der Waals surface area contributed by atoms with Gasteiger partial charge in [0.1, 0.15) is 11.1 Å². The van der Waals surface area contributed by atoms with E-state index < -0.39 is 5.97 Å². The van der Waals surface area contributed by atoms with Crippen LogP contribution in [-0.4, -0.2) is 51.2 Å². The Kier molecular flexibility index (Phi) is 4.63. The highest BCUT2D eigenvalue weighted by Gasteiger charge is 2.21. The number of hydrogen-bond acceptors (Lipinski definition) is 6. The number of carbonyl (C=O) groups is 2. The maximum absolute atomic E-state index is 12.6. The zero-order valence-electron chi connectivity index (χ0n) is 14.6. The number of aromatic amines is 1. The number of aryl methyl sites for hydroxylation is 1. The largest absolute Gasteiger partial charge is 0.478 e. The van der Waals surface area contributed by atoms with Crippen LogP contribution in [0.3, 0.4) is 0 Å². The molecule has 0 atom stereocenters. The number of H-pyrrole nitrogens is 1. The van der Waals surface area contributed by atoms with Crippen LogP contribution in [-0.2, 0) is 4.74 Å². The van der Waals surface area contributed by atoms with Crippen molar-refractivity contribution in [2.45, 2.75) is 25.8 Å². The van der Waals surface area contributed by atoms with Crippen molar-refractivity contribution >= 4 is 34.4 Å². The number of aromatic nitrogens is 3. The van der Waals surface area contributed by atoms with Gasteiger partial charge in [0.2, 0.25) is 0 Å². The molecule has 1 saturated heterocycles. The average molecular weight is 386 g/mol. The molecule has 0 radical (unpaired) electrons. The number of carboxylic acids is 1. The smallest absolute Gasteiger partial charge is 0.339 e. The number of amides is 1. The minimum atomic E-state index is -1.06. The summed E-state index contributed by atoms with van der Waals surface area (Å²) in [5.74, 6) is -1.16. The second-order valence-corrected chi connectivity index (χ2v) is 7.50. The first-order valence-corrected chi connectivity index (χ1v) is 9.41. The predicted molar refractivity (Wildman–Crippen MR) is 100 cm³/mol. The van der Waals surface area contributed by atoms with Gasteiger partial charge in [0.25, 0.3) is 5.91 Å². The summed E-state index contributed by atoms with van der Waals surface area (Å²) in [6.07, 6.45) is 4.59. The van der Waals surface area contributed by atoms with E-state index in [2.05, 4.69) is 20.3 Å². The van der Waals surface area contributed by atoms with E-state index in [-0.39, 0.29) is 17.5 Å². The number of nitrogens with one attached hydrogen (secondary N) is 2. The van der Waals surface area contributed by atoms with Crippen LogP contribution >= 0.6 is 11.3 Å². The molecule has 0 aromatic carbocycles. The minimum Gasteiger partial charge on any atom is -0.478 e. The van der Waals surface area contributed by atoms with Gasteiger partial charge in [-0.05, 0) is 31.4 Å². The summed E-state index contributed by atoms with van der Waals surface area (Å²) in [5.41, 5.74) is 2.20. The molecule has 9 heteroatoms. The Hall–Kier alpha value is -2.78. The van der Waals surface area contributed by atoms with Crippen LogP contribution in [0.1, 0.15) is 38.4 Å². The molecular weight excluding hydrogens is 368 g/mol. The highest BCUT2D eigenvalue weighted by Crippen LogP contribution is 2.31. The molecule has 3 N–H and O–H groups in total. The Morgan fingerprint density at radius 3 is 2.89 bits per heavy atom. The molecule has 1 aliphatic heterocycles. The molecule has 0 aliphatic carbocycles. The third-order valence-electron chi connectivity index (χ3n) is 4.54. The number of aromatic carboxylic acids is 1. The molecule has 8 nitrogen and oxygen atoms in total.